The number of ether oxygens (including phenoxy) is 1. The zero-order valence-electron chi connectivity index (χ0n) is 10.3. The van der Waals surface area contributed by atoms with Crippen molar-refractivity contribution in [2.45, 2.75) is 13.5 Å². The summed E-state index contributed by atoms with van der Waals surface area (Å²) in [5.41, 5.74) is -0.152. The van der Waals surface area contributed by atoms with Crippen LogP contribution in [0.5, 0.6) is 5.88 Å². The number of methoxy groups -OCH3 is 1. The third kappa shape index (κ3) is 2.94. The molecule has 2 aromatic rings. The number of anilines is 1. The number of hydrogen-bond donors (Lipinski definition) is 1. The van der Waals surface area contributed by atoms with Gasteiger partial charge in [-0.3, -0.25) is 10.1 Å². The van der Waals surface area contributed by atoms with Gasteiger partial charge in [-0.1, -0.05) is 5.16 Å². The molecule has 9 nitrogen and oxygen atoms in total. The standard InChI is InChI=1S/C10H11N5O4/c1-6-12-8(14-19-6)5-11-10-7(15(16)17)3-4-9(13-10)18-2/h3-4H,5H2,1-2H3,(H,11,13). The van der Waals surface area contributed by atoms with Crippen LogP contribution in [0, 0.1) is 17.0 Å². The van der Waals surface area contributed by atoms with Crippen LogP contribution in [-0.2, 0) is 6.54 Å². The fourth-order valence-electron chi connectivity index (χ4n) is 1.40. The number of aromatic nitrogens is 3. The van der Waals surface area contributed by atoms with Gasteiger partial charge < -0.3 is 14.6 Å². The summed E-state index contributed by atoms with van der Waals surface area (Å²) in [4.78, 5) is 18.3. The molecule has 1 N–H and O–H groups in total. The molecule has 0 unspecified atom stereocenters. The Bertz CT molecular complexity index is 597. The van der Waals surface area contributed by atoms with Crippen LogP contribution in [0.1, 0.15) is 11.7 Å². The lowest BCUT2D eigenvalue weighted by Gasteiger charge is -2.05. The topological polar surface area (TPSA) is 116 Å². The van der Waals surface area contributed by atoms with E-state index in [2.05, 4.69) is 20.4 Å². The molecule has 0 atom stereocenters. The highest BCUT2D eigenvalue weighted by Gasteiger charge is 2.16. The Morgan fingerprint density at radius 3 is 2.84 bits per heavy atom. The molecule has 0 spiro atoms. The maximum atomic E-state index is 10.9. The zero-order chi connectivity index (χ0) is 13.8. The first kappa shape index (κ1) is 12.7. The van der Waals surface area contributed by atoms with Crippen LogP contribution >= 0.6 is 0 Å². The van der Waals surface area contributed by atoms with Crippen LogP contribution in [0.3, 0.4) is 0 Å². The van der Waals surface area contributed by atoms with E-state index in [0.29, 0.717) is 11.7 Å². The third-order valence-electron chi connectivity index (χ3n) is 2.24. The van der Waals surface area contributed by atoms with Crippen molar-refractivity contribution in [1.82, 2.24) is 15.1 Å². The van der Waals surface area contributed by atoms with Gasteiger partial charge in [-0.2, -0.15) is 9.97 Å². The number of rotatable bonds is 5. The molecule has 0 bridgehead atoms. The first-order valence-electron chi connectivity index (χ1n) is 5.32. The molecule has 0 saturated heterocycles. The van der Waals surface area contributed by atoms with Gasteiger partial charge in [0.05, 0.1) is 18.6 Å². The first-order valence-corrected chi connectivity index (χ1v) is 5.32. The summed E-state index contributed by atoms with van der Waals surface area (Å²) in [6.07, 6.45) is 0. The Kier molecular flexibility index (Phi) is 3.55. The van der Waals surface area contributed by atoms with Crippen molar-refractivity contribution in [3.63, 3.8) is 0 Å². The van der Waals surface area contributed by atoms with Crippen LogP contribution in [0.25, 0.3) is 0 Å². The highest BCUT2D eigenvalue weighted by Crippen LogP contribution is 2.25. The van der Waals surface area contributed by atoms with Crippen molar-refractivity contribution in [3.05, 3.63) is 34.0 Å². The van der Waals surface area contributed by atoms with Crippen LogP contribution in [0.2, 0.25) is 0 Å². The molecule has 0 aliphatic rings. The Morgan fingerprint density at radius 1 is 1.47 bits per heavy atom. The molecule has 2 aromatic heterocycles. The zero-order valence-corrected chi connectivity index (χ0v) is 10.3. The fourth-order valence-corrected chi connectivity index (χ4v) is 1.40. The second kappa shape index (κ2) is 5.29. The van der Waals surface area contributed by atoms with Crippen LogP contribution in [0.4, 0.5) is 11.5 Å². The number of nitro groups is 1. The van der Waals surface area contributed by atoms with Gasteiger partial charge in [-0.05, 0) is 0 Å². The largest absolute Gasteiger partial charge is 0.481 e. The van der Waals surface area contributed by atoms with E-state index in [1.54, 1.807) is 6.92 Å². The van der Waals surface area contributed by atoms with E-state index >= 15 is 0 Å². The van der Waals surface area contributed by atoms with Crippen molar-refractivity contribution in [2.75, 3.05) is 12.4 Å². The van der Waals surface area contributed by atoms with E-state index in [1.165, 1.54) is 19.2 Å². The first-order chi connectivity index (χ1) is 9.10. The summed E-state index contributed by atoms with van der Waals surface area (Å²) in [5.74, 6) is 1.17. The highest BCUT2D eigenvalue weighted by atomic mass is 16.6. The van der Waals surface area contributed by atoms with Crippen molar-refractivity contribution >= 4 is 11.5 Å². The summed E-state index contributed by atoms with van der Waals surface area (Å²) in [6.45, 7) is 1.82. The van der Waals surface area contributed by atoms with E-state index in [1.807, 2.05) is 0 Å². The second-order valence-corrected chi connectivity index (χ2v) is 3.56. The predicted molar refractivity (Wildman–Crippen MR) is 63.8 cm³/mol. The van der Waals surface area contributed by atoms with Gasteiger partial charge in [0.1, 0.15) is 0 Å². The van der Waals surface area contributed by atoms with Crippen LogP contribution < -0.4 is 10.1 Å². The predicted octanol–water partition coefficient (Wildman–Crippen LogP) is 1.30. The Balaban J connectivity index is 2.19. The molecule has 2 rings (SSSR count). The van der Waals surface area contributed by atoms with E-state index in [-0.39, 0.29) is 23.9 Å². The van der Waals surface area contributed by atoms with Gasteiger partial charge in [0.2, 0.25) is 17.6 Å². The summed E-state index contributed by atoms with van der Waals surface area (Å²) >= 11 is 0. The molecule has 0 radical (unpaired) electrons. The van der Waals surface area contributed by atoms with Crippen molar-refractivity contribution in [3.8, 4) is 5.88 Å². The molecule has 100 valence electrons. The minimum absolute atomic E-state index is 0.0896. The molecule has 19 heavy (non-hydrogen) atoms. The second-order valence-electron chi connectivity index (χ2n) is 3.56. The van der Waals surface area contributed by atoms with Gasteiger partial charge >= 0.3 is 5.69 Å². The van der Waals surface area contributed by atoms with E-state index in [9.17, 15) is 10.1 Å². The minimum Gasteiger partial charge on any atom is -0.481 e. The molecule has 0 aliphatic heterocycles. The van der Waals surface area contributed by atoms with Crippen molar-refractivity contribution in [2.24, 2.45) is 0 Å². The lowest BCUT2D eigenvalue weighted by molar-refractivity contribution is -0.384. The van der Waals surface area contributed by atoms with Gasteiger partial charge in [0.15, 0.2) is 5.82 Å². The molecule has 0 fully saturated rings. The minimum atomic E-state index is -0.531. The quantitative estimate of drug-likeness (QED) is 0.635. The smallest absolute Gasteiger partial charge is 0.311 e. The van der Waals surface area contributed by atoms with Crippen LogP contribution in [0.15, 0.2) is 16.7 Å². The van der Waals surface area contributed by atoms with E-state index < -0.39 is 4.92 Å². The van der Waals surface area contributed by atoms with Crippen molar-refractivity contribution < 1.29 is 14.2 Å². The van der Waals surface area contributed by atoms with Crippen LogP contribution in [-0.4, -0.2) is 27.2 Å². The van der Waals surface area contributed by atoms with Crippen molar-refractivity contribution in [1.29, 1.82) is 0 Å². The Hall–Kier alpha value is -2.71. The van der Waals surface area contributed by atoms with Gasteiger partial charge in [-0.15, -0.1) is 0 Å². The van der Waals surface area contributed by atoms with E-state index in [4.69, 9.17) is 9.26 Å². The third-order valence-corrected chi connectivity index (χ3v) is 2.24. The maximum Gasteiger partial charge on any atom is 0.311 e. The van der Waals surface area contributed by atoms with Gasteiger partial charge in [-0.25, -0.2) is 0 Å². The number of nitrogens with zero attached hydrogens (tertiary/aromatic N) is 4. The fraction of sp³-hybridized carbons (Fsp3) is 0.300. The molecule has 0 aromatic carbocycles. The Labute approximate surface area is 107 Å². The summed E-state index contributed by atoms with van der Waals surface area (Å²) in [7, 11) is 1.43. The van der Waals surface area contributed by atoms with E-state index in [0.717, 1.165) is 0 Å². The molecule has 9 heteroatoms. The Morgan fingerprint density at radius 2 is 2.26 bits per heavy atom. The summed E-state index contributed by atoms with van der Waals surface area (Å²) in [5, 5.41) is 17.3. The number of hydrogen-bond acceptors (Lipinski definition) is 8. The molecule has 2 heterocycles. The van der Waals surface area contributed by atoms with Gasteiger partial charge in [0.25, 0.3) is 0 Å². The summed E-state index contributed by atoms with van der Waals surface area (Å²) < 4.78 is 9.72. The number of aryl methyl sites for hydroxylation is 1. The molecule has 0 saturated carbocycles. The monoisotopic (exact) mass is 265 g/mol. The SMILES string of the molecule is COc1ccc([N+](=O)[O-])c(NCc2noc(C)n2)n1. The molecule has 0 aliphatic carbocycles. The normalized spacial score (nSPS) is 10.2. The number of nitrogens with one attached hydrogen (secondary N) is 1. The average Bonchev–Trinajstić information content (AvgIpc) is 2.81. The van der Waals surface area contributed by atoms with Gasteiger partial charge in [0, 0.05) is 19.1 Å². The molecule has 0 amide bonds. The number of pyridine rings is 1. The summed E-state index contributed by atoms with van der Waals surface area (Å²) in [6, 6.07) is 2.73. The molecular weight excluding hydrogens is 254 g/mol. The highest BCUT2D eigenvalue weighted by molar-refractivity contribution is 5.56. The lowest BCUT2D eigenvalue weighted by atomic mass is 10.4. The average molecular weight is 265 g/mol. The molecular formula is C10H11N5O4. The lowest BCUT2D eigenvalue weighted by Crippen LogP contribution is -2.06. The maximum absolute atomic E-state index is 10.9.